The summed E-state index contributed by atoms with van der Waals surface area (Å²) in [6, 6.07) is 12.7. The molecule has 0 atom stereocenters. The Morgan fingerprint density at radius 2 is 1.83 bits per heavy atom. The van der Waals surface area contributed by atoms with Crippen LogP contribution in [0.25, 0.3) is 11.0 Å². The number of carbonyl (C=O) groups is 2. The van der Waals surface area contributed by atoms with Crippen molar-refractivity contribution >= 4 is 28.5 Å². The zero-order chi connectivity index (χ0) is 17.3. The van der Waals surface area contributed by atoms with Crippen LogP contribution >= 0.6 is 0 Å². The van der Waals surface area contributed by atoms with Crippen LogP contribution in [-0.2, 0) is 0 Å². The molecule has 0 unspecified atom stereocenters. The Bertz CT molecular complexity index is 1020. The number of amides is 2. The fraction of sp³-hybridized carbons (Fsp3) is 0.0556. The summed E-state index contributed by atoms with van der Waals surface area (Å²) in [7, 11) is 0. The first-order valence-electron chi connectivity index (χ1n) is 7.21. The van der Waals surface area contributed by atoms with Crippen LogP contribution in [0.3, 0.4) is 0 Å². The van der Waals surface area contributed by atoms with Crippen molar-refractivity contribution in [3.63, 3.8) is 0 Å². The molecule has 0 saturated heterocycles. The summed E-state index contributed by atoms with van der Waals surface area (Å²) >= 11 is 0. The van der Waals surface area contributed by atoms with Crippen molar-refractivity contribution in [2.24, 2.45) is 5.73 Å². The van der Waals surface area contributed by atoms with Crippen LogP contribution in [0, 0.1) is 6.92 Å². The lowest BCUT2D eigenvalue weighted by Crippen LogP contribution is -2.20. The second kappa shape index (κ2) is 6.00. The van der Waals surface area contributed by atoms with Gasteiger partial charge >= 0.3 is 0 Å². The Balaban J connectivity index is 2.01. The van der Waals surface area contributed by atoms with Gasteiger partial charge in [0.25, 0.3) is 11.8 Å². The standard InChI is InChI=1S/C18H14N2O4/c1-10-5-4-7-12(16(10)17(19)22)20-18(23)15-9-13(21)11-6-2-3-8-14(11)24-15/h2-9H,1H3,(H2,19,22)(H,20,23). The van der Waals surface area contributed by atoms with Crippen molar-refractivity contribution in [1.29, 1.82) is 0 Å². The fourth-order valence-corrected chi connectivity index (χ4v) is 2.50. The minimum Gasteiger partial charge on any atom is -0.451 e. The summed E-state index contributed by atoms with van der Waals surface area (Å²) in [4.78, 5) is 36.1. The lowest BCUT2D eigenvalue weighted by Gasteiger charge is -2.11. The second-order valence-corrected chi connectivity index (χ2v) is 5.29. The Hall–Kier alpha value is -3.41. The van der Waals surface area contributed by atoms with E-state index >= 15 is 0 Å². The smallest absolute Gasteiger partial charge is 0.291 e. The van der Waals surface area contributed by atoms with Crippen LogP contribution in [0.5, 0.6) is 0 Å². The summed E-state index contributed by atoms with van der Waals surface area (Å²) in [6.07, 6.45) is 0. The highest BCUT2D eigenvalue weighted by atomic mass is 16.3. The molecule has 1 heterocycles. The molecule has 3 rings (SSSR count). The van der Waals surface area contributed by atoms with E-state index in [1.54, 1.807) is 49.4 Å². The van der Waals surface area contributed by atoms with Gasteiger partial charge in [0, 0.05) is 6.07 Å². The summed E-state index contributed by atoms with van der Waals surface area (Å²) in [5.74, 6) is -1.43. The number of hydrogen-bond donors (Lipinski definition) is 2. The zero-order valence-electron chi connectivity index (χ0n) is 12.8. The molecular weight excluding hydrogens is 308 g/mol. The van der Waals surface area contributed by atoms with Crippen molar-refractivity contribution in [3.05, 3.63) is 75.6 Å². The van der Waals surface area contributed by atoms with E-state index in [2.05, 4.69) is 5.32 Å². The van der Waals surface area contributed by atoms with E-state index in [4.69, 9.17) is 10.2 Å². The molecule has 0 fully saturated rings. The number of nitrogens with two attached hydrogens (primary N) is 1. The first kappa shape index (κ1) is 15.5. The van der Waals surface area contributed by atoms with Crippen molar-refractivity contribution in [1.82, 2.24) is 0 Å². The molecule has 0 aliphatic carbocycles. The van der Waals surface area contributed by atoms with Crippen molar-refractivity contribution < 1.29 is 14.0 Å². The van der Waals surface area contributed by atoms with Gasteiger partial charge in [0.2, 0.25) is 0 Å². The van der Waals surface area contributed by atoms with Crippen LogP contribution in [-0.4, -0.2) is 11.8 Å². The predicted molar refractivity (Wildman–Crippen MR) is 90.1 cm³/mol. The molecule has 0 aliphatic rings. The van der Waals surface area contributed by atoms with Crippen molar-refractivity contribution in [3.8, 4) is 0 Å². The minimum atomic E-state index is -0.650. The lowest BCUT2D eigenvalue weighted by molar-refractivity contribution is 0.0997. The van der Waals surface area contributed by atoms with Gasteiger partial charge in [-0.15, -0.1) is 0 Å². The fourth-order valence-electron chi connectivity index (χ4n) is 2.50. The SMILES string of the molecule is Cc1cccc(NC(=O)c2cc(=O)c3ccccc3o2)c1C(N)=O. The van der Waals surface area contributed by atoms with E-state index in [1.807, 2.05) is 0 Å². The number of hydrogen-bond acceptors (Lipinski definition) is 4. The van der Waals surface area contributed by atoms with E-state index in [9.17, 15) is 14.4 Å². The average Bonchev–Trinajstić information content (AvgIpc) is 2.54. The number of fused-ring (bicyclic) bond motifs is 1. The number of carbonyl (C=O) groups excluding carboxylic acids is 2. The van der Waals surface area contributed by atoms with Crippen LogP contribution < -0.4 is 16.5 Å². The molecule has 0 radical (unpaired) electrons. The second-order valence-electron chi connectivity index (χ2n) is 5.29. The molecule has 24 heavy (non-hydrogen) atoms. The maximum atomic E-state index is 12.4. The molecule has 6 nitrogen and oxygen atoms in total. The van der Waals surface area contributed by atoms with Crippen LogP contribution in [0.2, 0.25) is 0 Å². The van der Waals surface area contributed by atoms with Crippen LogP contribution in [0.1, 0.15) is 26.5 Å². The molecule has 3 N–H and O–H groups in total. The average molecular weight is 322 g/mol. The summed E-state index contributed by atoms with van der Waals surface area (Å²) < 4.78 is 5.48. The van der Waals surface area contributed by atoms with Gasteiger partial charge in [-0.2, -0.15) is 0 Å². The molecule has 0 bridgehead atoms. The van der Waals surface area contributed by atoms with Gasteiger partial charge in [-0.1, -0.05) is 24.3 Å². The van der Waals surface area contributed by atoms with Crippen LogP contribution in [0.15, 0.2) is 57.7 Å². The van der Waals surface area contributed by atoms with Crippen molar-refractivity contribution in [2.75, 3.05) is 5.32 Å². The van der Waals surface area contributed by atoms with E-state index in [-0.39, 0.29) is 22.4 Å². The summed E-state index contributed by atoms with van der Waals surface area (Å²) in [5, 5.41) is 2.96. The quantitative estimate of drug-likeness (QED) is 0.773. The molecule has 3 aromatic rings. The van der Waals surface area contributed by atoms with Crippen molar-refractivity contribution in [2.45, 2.75) is 6.92 Å². The number of para-hydroxylation sites is 1. The zero-order valence-corrected chi connectivity index (χ0v) is 12.8. The normalized spacial score (nSPS) is 10.5. The van der Waals surface area contributed by atoms with E-state index in [0.717, 1.165) is 6.07 Å². The number of aryl methyl sites for hydroxylation is 1. The predicted octanol–water partition coefficient (Wildman–Crippen LogP) is 2.45. The maximum Gasteiger partial charge on any atom is 0.291 e. The first-order valence-corrected chi connectivity index (χ1v) is 7.21. The summed E-state index contributed by atoms with van der Waals surface area (Å²) in [6.45, 7) is 1.71. The van der Waals surface area contributed by atoms with Gasteiger partial charge in [0.15, 0.2) is 11.2 Å². The molecule has 0 aliphatic heterocycles. The minimum absolute atomic E-state index is 0.143. The molecule has 0 saturated carbocycles. The monoisotopic (exact) mass is 322 g/mol. The maximum absolute atomic E-state index is 12.4. The third-order valence-corrected chi connectivity index (χ3v) is 3.63. The molecule has 2 amide bonds. The number of anilines is 1. The molecule has 120 valence electrons. The number of primary amides is 1. The third kappa shape index (κ3) is 2.77. The lowest BCUT2D eigenvalue weighted by atomic mass is 10.1. The Kier molecular flexibility index (Phi) is 3.87. The van der Waals surface area contributed by atoms with Gasteiger partial charge in [-0.25, -0.2) is 0 Å². The Morgan fingerprint density at radius 1 is 1.08 bits per heavy atom. The molecule has 6 heteroatoms. The van der Waals surface area contributed by atoms with Crippen LogP contribution in [0.4, 0.5) is 5.69 Å². The molecular formula is C18H14N2O4. The van der Waals surface area contributed by atoms with E-state index in [0.29, 0.717) is 16.5 Å². The van der Waals surface area contributed by atoms with Gasteiger partial charge in [0.05, 0.1) is 16.6 Å². The van der Waals surface area contributed by atoms with Gasteiger partial charge in [0.1, 0.15) is 5.58 Å². The first-order chi connectivity index (χ1) is 11.5. The van der Waals surface area contributed by atoms with E-state index in [1.165, 1.54) is 0 Å². The topological polar surface area (TPSA) is 102 Å². The molecule has 2 aromatic carbocycles. The highest BCUT2D eigenvalue weighted by molar-refractivity contribution is 6.08. The van der Waals surface area contributed by atoms with Gasteiger partial charge in [-0.3, -0.25) is 14.4 Å². The van der Waals surface area contributed by atoms with E-state index < -0.39 is 11.8 Å². The molecule has 1 aromatic heterocycles. The third-order valence-electron chi connectivity index (χ3n) is 3.63. The number of rotatable bonds is 3. The number of benzene rings is 2. The largest absolute Gasteiger partial charge is 0.451 e. The summed E-state index contributed by atoms with van der Waals surface area (Å²) in [5.41, 5.74) is 6.48. The molecule has 0 spiro atoms. The van der Waals surface area contributed by atoms with Gasteiger partial charge < -0.3 is 15.5 Å². The highest BCUT2D eigenvalue weighted by Gasteiger charge is 2.17. The highest BCUT2D eigenvalue weighted by Crippen LogP contribution is 2.20. The Labute approximate surface area is 136 Å². The Morgan fingerprint density at radius 3 is 2.58 bits per heavy atom. The van der Waals surface area contributed by atoms with Gasteiger partial charge in [-0.05, 0) is 30.7 Å². The number of nitrogens with one attached hydrogen (secondary N) is 1.